The van der Waals surface area contributed by atoms with E-state index >= 15 is 0 Å². The Bertz CT molecular complexity index is 671. The number of primary amides is 1. The zero-order chi connectivity index (χ0) is 25.8. The van der Waals surface area contributed by atoms with Crippen molar-refractivity contribution < 1.29 is 47.0 Å². The predicted octanol–water partition coefficient (Wildman–Crippen LogP) is -0.453. The fourth-order valence-corrected chi connectivity index (χ4v) is 1.69. The Morgan fingerprint density at radius 2 is 1.38 bits per heavy atom. The average Bonchev–Trinajstić information content (AvgIpc) is 2.63. The summed E-state index contributed by atoms with van der Waals surface area (Å²) in [7, 11) is 0. The second kappa shape index (κ2) is 14.2. The molecule has 0 aromatic rings. The van der Waals surface area contributed by atoms with E-state index in [-0.39, 0.29) is 24.7 Å². The highest BCUT2D eigenvalue weighted by Crippen LogP contribution is 2.13. The number of carboxylic acids is 1. The van der Waals surface area contributed by atoms with Crippen molar-refractivity contribution in [1.82, 2.24) is 10.6 Å². The van der Waals surface area contributed by atoms with E-state index in [1.807, 2.05) is 0 Å². The molecular weight excluding hydrogens is 443 g/mol. The molecule has 32 heavy (non-hydrogen) atoms. The second-order valence-electron chi connectivity index (χ2n) is 7.24. The molecular formula is C17H30F3N5O7. The largest absolute Gasteiger partial charge is 0.490 e. The van der Waals surface area contributed by atoms with Gasteiger partial charge < -0.3 is 37.7 Å². The van der Waals surface area contributed by atoms with Crippen molar-refractivity contribution in [3.8, 4) is 0 Å². The first-order valence-corrected chi connectivity index (χ1v) is 9.32. The summed E-state index contributed by atoms with van der Waals surface area (Å²) in [4.78, 5) is 55.2. The highest BCUT2D eigenvalue weighted by atomic mass is 19.4. The third kappa shape index (κ3) is 14.1. The number of alkyl halides is 3. The molecule has 0 fully saturated rings. The van der Waals surface area contributed by atoms with Gasteiger partial charge in [-0.2, -0.15) is 13.2 Å². The SMILES string of the molecule is CC(C)[C@H](N)C(=O)NC(CCC(=O)OC(=O)[C@@H](N)C(C)C)NC(N)=O.O=C(O)C(F)(F)F. The maximum absolute atomic E-state index is 11.9. The van der Waals surface area contributed by atoms with Gasteiger partial charge in [-0.05, 0) is 18.3 Å². The minimum Gasteiger partial charge on any atom is -0.475 e. The van der Waals surface area contributed by atoms with E-state index in [1.54, 1.807) is 27.7 Å². The molecule has 3 amide bonds. The number of ether oxygens (including phenoxy) is 1. The summed E-state index contributed by atoms with van der Waals surface area (Å²) in [6.45, 7) is 6.97. The van der Waals surface area contributed by atoms with Crippen molar-refractivity contribution in [2.75, 3.05) is 0 Å². The van der Waals surface area contributed by atoms with Gasteiger partial charge in [0.05, 0.1) is 6.04 Å². The topological polar surface area (TPSA) is 217 Å². The summed E-state index contributed by atoms with van der Waals surface area (Å²) in [5, 5.41) is 11.9. The normalized spacial score (nSPS) is 13.8. The minimum absolute atomic E-state index is 0.0253. The van der Waals surface area contributed by atoms with Gasteiger partial charge in [-0.25, -0.2) is 14.4 Å². The van der Waals surface area contributed by atoms with Crippen LogP contribution in [-0.2, 0) is 23.9 Å². The van der Waals surface area contributed by atoms with E-state index in [4.69, 9.17) is 27.1 Å². The maximum atomic E-state index is 11.9. The van der Waals surface area contributed by atoms with Crippen LogP contribution in [0.3, 0.4) is 0 Å². The lowest BCUT2D eigenvalue weighted by atomic mass is 10.0. The third-order valence-electron chi connectivity index (χ3n) is 3.74. The molecule has 0 aliphatic carbocycles. The zero-order valence-corrected chi connectivity index (χ0v) is 18.1. The number of carbonyl (C=O) groups is 5. The quantitative estimate of drug-likeness (QED) is 0.145. The van der Waals surface area contributed by atoms with Gasteiger partial charge >= 0.3 is 30.1 Å². The molecule has 0 spiro atoms. The van der Waals surface area contributed by atoms with Crippen LogP contribution in [0.2, 0.25) is 0 Å². The summed E-state index contributed by atoms with van der Waals surface area (Å²) in [6.07, 6.45) is -6.27. The van der Waals surface area contributed by atoms with Crippen LogP contribution in [0, 0.1) is 11.8 Å². The molecule has 0 aromatic heterocycles. The van der Waals surface area contributed by atoms with E-state index in [2.05, 4.69) is 15.4 Å². The van der Waals surface area contributed by atoms with Gasteiger partial charge in [0.25, 0.3) is 0 Å². The van der Waals surface area contributed by atoms with Gasteiger partial charge in [0.2, 0.25) is 5.91 Å². The highest BCUT2D eigenvalue weighted by Gasteiger charge is 2.38. The molecule has 0 saturated heterocycles. The standard InChI is InChI=1S/C15H29N5O5.C2HF3O2/c1-7(2)11(16)13(22)19-9(20-15(18)24)5-6-10(21)25-14(23)12(17)8(3)4;3-2(4,5)1(6)7/h7-9,11-12H,5-6,16-17H2,1-4H3,(H,19,22)(H3,18,20,24);(H,6,7)/t9?,11-,12-;/m0./s1. The van der Waals surface area contributed by atoms with Crippen LogP contribution in [0.25, 0.3) is 0 Å². The Balaban J connectivity index is 0. The van der Waals surface area contributed by atoms with Gasteiger partial charge in [-0.3, -0.25) is 9.59 Å². The third-order valence-corrected chi connectivity index (χ3v) is 3.74. The van der Waals surface area contributed by atoms with Crippen molar-refractivity contribution in [2.24, 2.45) is 29.0 Å². The van der Waals surface area contributed by atoms with Gasteiger partial charge in [0, 0.05) is 6.42 Å². The predicted molar refractivity (Wildman–Crippen MR) is 104 cm³/mol. The molecule has 0 bridgehead atoms. The van der Waals surface area contributed by atoms with Gasteiger partial charge in [-0.1, -0.05) is 27.7 Å². The molecule has 0 heterocycles. The first-order valence-electron chi connectivity index (χ1n) is 9.32. The molecule has 0 aliphatic heterocycles. The van der Waals surface area contributed by atoms with Crippen molar-refractivity contribution in [3.63, 3.8) is 0 Å². The van der Waals surface area contributed by atoms with Crippen LogP contribution in [0.4, 0.5) is 18.0 Å². The van der Waals surface area contributed by atoms with Crippen molar-refractivity contribution in [1.29, 1.82) is 0 Å². The lowest BCUT2D eigenvalue weighted by Crippen LogP contribution is -2.55. The molecule has 0 saturated carbocycles. The van der Waals surface area contributed by atoms with Gasteiger partial charge in [0.15, 0.2) is 0 Å². The molecule has 1 unspecified atom stereocenters. The molecule has 0 rings (SSSR count). The Morgan fingerprint density at radius 1 is 0.938 bits per heavy atom. The number of nitrogens with one attached hydrogen (secondary N) is 2. The van der Waals surface area contributed by atoms with Gasteiger partial charge in [0.1, 0.15) is 12.2 Å². The molecule has 186 valence electrons. The second-order valence-corrected chi connectivity index (χ2v) is 7.24. The summed E-state index contributed by atoms with van der Waals surface area (Å²) in [5.41, 5.74) is 16.3. The van der Waals surface area contributed by atoms with Crippen molar-refractivity contribution in [2.45, 2.75) is 65.0 Å². The number of amides is 3. The monoisotopic (exact) mass is 473 g/mol. The summed E-state index contributed by atoms with van der Waals surface area (Å²) in [6, 6.07) is -2.57. The van der Waals surface area contributed by atoms with E-state index in [0.29, 0.717) is 0 Å². The number of hydrogen-bond acceptors (Lipinski definition) is 8. The Kier molecular flexibility index (Phi) is 13.9. The number of carboxylic acid groups (broad SMARTS) is 1. The maximum Gasteiger partial charge on any atom is 0.490 e. The van der Waals surface area contributed by atoms with E-state index in [1.165, 1.54) is 0 Å². The van der Waals surface area contributed by atoms with Crippen molar-refractivity contribution in [3.05, 3.63) is 0 Å². The fraction of sp³-hybridized carbons (Fsp3) is 0.706. The van der Waals surface area contributed by atoms with Crippen LogP contribution >= 0.6 is 0 Å². The van der Waals surface area contributed by atoms with Crippen LogP contribution in [-0.4, -0.2) is 59.4 Å². The number of hydrogen-bond donors (Lipinski definition) is 6. The minimum atomic E-state index is -5.08. The number of urea groups is 1. The molecule has 0 aliphatic rings. The van der Waals surface area contributed by atoms with Crippen LogP contribution in [0.1, 0.15) is 40.5 Å². The lowest BCUT2D eigenvalue weighted by molar-refractivity contribution is -0.192. The Labute approximate surface area is 182 Å². The number of nitrogens with two attached hydrogens (primary N) is 3. The van der Waals surface area contributed by atoms with E-state index in [0.717, 1.165) is 0 Å². The molecule has 0 aromatic carbocycles. The number of aliphatic carboxylic acids is 1. The lowest BCUT2D eigenvalue weighted by Gasteiger charge is -2.22. The first-order chi connectivity index (χ1) is 14.4. The molecule has 3 atom stereocenters. The zero-order valence-electron chi connectivity index (χ0n) is 18.1. The summed E-state index contributed by atoms with van der Waals surface area (Å²) >= 11 is 0. The highest BCUT2D eigenvalue weighted by molar-refractivity contribution is 5.88. The van der Waals surface area contributed by atoms with Gasteiger partial charge in [-0.15, -0.1) is 0 Å². The Morgan fingerprint density at radius 3 is 1.72 bits per heavy atom. The summed E-state index contributed by atoms with van der Waals surface area (Å²) < 4.78 is 36.4. The number of halogens is 3. The smallest absolute Gasteiger partial charge is 0.475 e. The van der Waals surface area contributed by atoms with E-state index < -0.39 is 54.3 Å². The average molecular weight is 473 g/mol. The summed E-state index contributed by atoms with van der Waals surface area (Å²) in [5.74, 6) is -5.20. The molecule has 15 heteroatoms. The number of carbonyl (C=O) groups excluding carboxylic acids is 4. The number of esters is 2. The van der Waals surface area contributed by atoms with E-state index in [9.17, 15) is 32.3 Å². The molecule has 9 N–H and O–H groups in total. The molecule has 12 nitrogen and oxygen atoms in total. The molecule has 0 radical (unpaired) electrons. The fourth-order valence-electron chi connectivity index (χ4n) is 1.69. The number of rotatable bonds is 9. The van der Waals surface area contributed by atoms with Crippen LogP contribution < -0.4 is 27.8 Å². The van der Waals surface area contributed by atoms with Crippen molar-refractivity contribution >= 4 is 29.8 Å². The van der Waals surface area contributed by atoms with Crippen LogP contribution in [0.15, 0.2) is 0 Å². The Hall–Kier alpha value is -2.94. The first kappa shape index (κ1) is 31.2. The van der Waals surface area contributed by atoms with Crippen LogP contribution in [0.5, 0.6) is 0 Å².